The number of ether oxygens (including phenoxy) is 2. The Morgan fingerprint density at radius 1 is 1.09 bits per heavy atom. The van der Waals surface area contributed by atoms with Gasteiger partial charge in [0.1, 0.15) is 5.15 Å². The topological polar surface area (TPSA) is 39.5 Å². The predicted molar refractivity (Wildman–Crippen MR) is 92.3 cm³/mol. The maximum atomic E-state index is 6.59. The third kappa shape index (κ3) is 4.78. The molecule has 2 rings (SSSR count). The fraction of sp³-hybridized carbons (Fsp3) is 0.471. The number of hydrogen-bond acceptors (Lipinski definition) is 4. The third-order valence-electron chi connectivity index (χ3n) is 3.73. The zero-order valence-corrected chi connectivity index (χ0v) is 14.7. The van der Waals surface area contributed by atoms with Crippen molar-refractivity contribution in [2.75, 3.05) is 40.5 Å². The van der Waals surface area contributed by atoms with E-state index in [1.165, 1.54) is 0 Å². The van der Waals surface area contributed by atoms with Crippen molar-refractivity contribution in [2.24, 2.45) is 0 Å². The van der Waals surface area contributed by atoms with Crippen molar-refractivity contribution in [1.82, 2.24) is 14.7 Å². The molecule has 1 aromatic heterocycles. The molecular formula is C17H24ClN3O2. The zero-order valence-electron chi connectivity index (χ0n) is 14.0. The SMILES string of the molecule is COCCN(CCOC)Cc1c(C)nn(-c2ccccc2)c1Cl. The van der Waals surface area contributed by atoms with Crippen LogP contribution in [0, 0.1) is 6.92 Å². The highest BCUT2D eigenvalue weighted by molar-refractivity contribution is 6.30. The van der Waals surface area contributed by atoms with Crippen LogP contribution in [0.15, 0.2) is 30.3 Å². The van der Waals surface area contributed by atoms with E-state index in [1.807, 2.05) is 37.3 Å². The molecular weight excluding hydrogens is 314 g/mol. The molecule has 0 N–H and O–H groups in total. The molecule has 6 heteroatoms. The normalized spacial score (nSPS) is 11.3. The first-order valence-corrected chi connectivity index (χ1v) is 8.04. The van der Waals surface area contributed by atoms with Gasteiger partial charge >= 0.3 is 0 Å². The van der Waals surface area contributed by atoms with Crippen molar-refractivity contribution >= 4 is 11.6 Å². The van der Waals surface area contributed by atoms with Crippen LogP contribution in [0.5, 0.6) is 0 Å². The highest BCUT2D eigenvalue weighted by Crippen LogP contribution is 2.24. The molecule has 1 heterocycles. The number of nitrogens with zero attached hydrogens (tertiary/aromatic N) is 3. The first-order chi connectivity index (χ1) is 11.2. The molecule has 0 aliphatic heterocycles. The lowest BCUT2D eigenvalue weighted by Crippen LogP contribution is -2.30. The summed E-state index contributed by atoms with van der Waals surface area (Å²) in [5.41, 5.74) is 2.95. The van der Waals surface area contributed by atoms with E-state index in [2.05, 4.69) is 10.00 Å². The number of aromatic nitrogens is 2. The molecule has 1 aromatic carbocycles. The van der Waals surface area contributed by atoms with E-state index in [1.54, 1.807) is 18.9 Å². The predicted octanol–water partition coefficient (Wildman–Crippen LogP) is 2.93. The molecule has 0 unspecified atom stereocenters. The van der Waals surface area contributed by atoms with Gasteiger partial charge in [0.15, 0.2) is 0 Å². The highest BCUT2D eigenvalue weighted by Gasteiger charge is 2.17. The van der Waals surface area contributed by atoms with Gasteiger partial charge in [-0.25, -0.2) is 4.68 Å². The molecule has 126 valence electrons. The average Bonchev–Trinajstić information content (AvgIpc) is 2.86. The van der Waals surface area contributed by atoms with Crippen LogP contribution in [0.2, 0.25) is 5.15 Å². The van der Waals surface area contributed by atoms with Crippen LogP contribution >= 0.6 is 11.6 Å². The summed E-state index contributed by atoms with van der Waals surface area (Å²) in [5, 5.41) is 5.25. The van der Waals surface area contributed by atoms with Gasteiger partial charge in [0.05, 0.1) is 24.6 Å². The maximum absolute atomic E-state index is 6.59. The largest absolute Gasteiger partial charge is 0.383 e. The van der Waals surface area contributed by atoms with Crippen molar-refractivity contribution in [2.45, 2.75) is 13.5 Å². The van der Waals surface area contributed by atoms with Crippen LogP contribution < -0.4 is 0 Å². The van der Waals surface area contributed by atoms with E-state index in [4.69, 9.17) is 21.1 Å². The second-order valence-electron chi connectivity index (χ2n) is 5.36. The average molecular weight is 338 g/mol. The molecule has 5 nitrogen and oxygen atoms in total. The molecule has 0 spiro atoms. The zero-order chi connectivity index (χ0) is 16.7. The maximum Gasteiger partial charge on any atom is 0.137 e. The summed E-state index contributed by atoms with van der Waals surface area (Å²) < 4.78 is 12.2. The van der Waals surface area contributed by atoms with Crippen molar-refractivity contribution < 1.29 is 9.47 Å². The Morgan fingerprint density at radius 3 is 2.26 bits per heavy atom. The van der Waals surface area contributed by atoms with Crippen molar-refractivity contribution in [3.8, 4) is 5.69 Å². The van der Waals surface area contributed by atoms with E-state index < -0.39 is 0 Å². The summed E-state index contributed by atoms with van der Waals surface area (Å²) in [6.45, 7) is 5.72. The first-order valence-electron chi connectivity index (χ1n) is 7.67. The Bertz CT molecular complexity index is 593. The molecule has 2 aromatic rings. The van der Waals surface area contributed by atoms with E-state index in [9.17, 15) is 0 Å². The van der Waals surface area contributed by atoms with Crippen LogP contribution in [0.4, 0.5) is 0 Å². The van der Waals surface area contributed by atoms with Gasteiger partial charge in [-0.05, 0) is 19.1 Å². The Labute approximate surface area is 142 Å². The van der Waals surface area contributed by atoms with Crippen molar-refractivity contribution in [3.05, 3.63) is 46.7 Å². The molecule has 0 atom stereocenters. The smallest absolute Gasteiger partial charge is 0.137 e. The van der Waals surface area contributed by atoms with Crippen LogP contribution in [0.25, 0.3) is 5.69 Å². The standard InChI is InChI=1S/C17H24ClN3O2/c1-14-16(13-20(9-11-22-2)10-12-23-3)17(18)21(19-14)15-7-5-4-6-8-15/h4-8H,9-13H2,1-3H3. The van der Waals surface area contributed by atoms with E-state index in [0.29, 0.717) is 18.4 Å². The van der Waals surface area contributed by atoms with Crippen molar-refractivity contribution in [1.29, 1.82) is 0 Å². The fourth-order valence-corrected chi connectivity index (χ4v) is 2.72. The number of para-hydroxylation sites is 1. The second-order valence-corrected chi connectivity index (χ2v) is 5.72. The summed E-state index contributed by atoms with van der Waals surface area (Å²) in [7, 11) is 3.42. The van der Waals surface area contributed by atoms with E-state index in [0.717, 1.165) is 36.6 Å². The second kappa shape index (κ2) is 9.03. The van der Waals surface area contributed by atoms with E-state index >= 15 is 0 Å². The van der Waals surface area contributed by atoms with Gasteiger partial charge in [0.2, 0.25) is 0 Å². The molecule has 23 heavy (non-hydrogen) atoms. The number of aryl methyl sites for hydroxylation is 1. The number of methoxy groups -OCH3 is 2. The van der Waals surface area contributed by atoms with Gasteiger partial charge in [-0.1, -0.05) is 29.8 Å². The molecule has 0 saturated carbocycles. The first kappa shape index (κ1) is 17.9. The van der Waals surface area contributed by atoms with Gasteiger partial charge in [-0.3, -0.25) is 4.90 Å². The minimum Gasteiger partial charge on any atom is -0.383 e. The van der Waals surface area contributed by atoms with Crippen LogP contribution in [-0.2, 0) is 16.0 Å². The van der Waals surface area contributed by atoms with Gasteiger partial charge in [0.25, 0.3) is 0 Å². The lowest BCUT2D eigenvalue weighted by Gasteiger charge is -2.21. The number of halogens is 1. The van der Waals surface area contributed by atoms with Crippen LogP contribution in [-0.4, -0.2) is 55.2 Å². The Morgan fingerprint density at radius 2 is 1.70 bits per heavy atom. The van der Waals surface area contributed by atoms with Gasteiger partial charge < -0.3 is 9.47 Å². The summed E-state index contributed by atoms with van der Waals surface area (Å²) in [6, 6.07) is 9.93. The summed E-state index contributed by atoms with van der Waals surface area (Å²) in [4.78, 5) is 2.26. The minimum absolute atomic E-state index is 0.661. The Kier molecular flexibility index (Phi) is 7.05. The number of rotatable bonds is 9. The number of benzene rings is 1. The molecule has 0 saturated heterocycles. The lowest BCUT2D eigenvalue weighted by atomic mass is 10.2. The molecule has 0 radical (unpaired) electrons. The third-order valence-corrected chi connectivity index (χ3v) is 4.12. The summed E-state index contributed by atoms with van der Waals surface area (Å²) in [5.74, 6) is 0. The molecule has 0 aliphatic carbocycles. The Balaban J connectivity index is 2.19. The van der Waals surface area contributed by atoms with Gasteiger partial charge in [-0.15, -0.1) is 0 Å². The summed E-state index contributed by atoms with van der Waals surface area (Å²) in [6.07, 6.45) is 0. The molecule has 0 aliphatic rings. The fourth-order valence-electron chi connectivity index (χ4n) is 2.39. The molecule has 0 bridgehead atoms. The minimum atomic E-state index is 0.661. The monoisotopic (exact) mass is 337 g/mol. The Hall–Kier alpha value is -1.40. The van der Waals surface area contributed by atoms with Gasteiger partial charge in [-0.2, -0.15) is 5.10 Å². The molecule has 0 amide bonds. The number of hydrogen-bond donors (Lipinski definition) is 0. The summed E-state index contributed by atoms with van der Waals surface area (Å²) >= 11 is 6.59. The van der Waals surface area contributed by atoms with E-state index in [-0.39, 0.29) is 0 Å². The van der Waals surface area contributed by atoms with Gasteiger partial charge in [0, 0.05) is 39.4 Å². The van der Waals surface area contributed by atoms with Crippen LogP contribution in [0.1, 0.15) is 11.3 Å². The van der Waals surface area contributed by atoms with Crippen molar-refractivity contribution in [3.63, 3.8) is 0 Å². The lowest BCUT2D eigenvalue weighted by molar-refractivity contribution is 0.110. The van der Waals surface area contributed by atoms with Crippen LogP contribution in [0.3, 0.4) is 0 Å². The molecule has 0 fully saturated rings. The quantitative estimate of drug-likeness (QED) is 0.705. The highest BCUT2D eigenvalue weighted by atomic mass is 35.5.